The van der Waals surface area contributed by atoms with E-state index in [0.29, 0.717) is 12.4 Å². The summed E-state index contributed by atoms with van der Waals surface area (Å²) in [4.78, 5) is 21.2. The summed E-state index contributed by atoms with van der Waals surface area (Å²) in [5, 5.41) is 5.85. The average molecular weight is 359 g/mol. The Morgan fingerprint density at radius 2 is 2.12 bits per heavy atom. The topological polar surface area (TPSA) is 74.8 Å². The molecule has 0 saturated heterocycles. The summed E-state index contributed by atoms with van der Waals surface area (Å²) in [6, 6.07) is 1.95. The Morgan fingerprint density at radius 3 is 2.88 bits per heavy atom. The first-order valence-electron chi connectivity index (χ1n) is 7.97. The maximum absolute atomic E-state index is 12.7. The molecule has 0 amide bonds. The van der Waals surface area contributed by atoms with Crippen molar-refractivity contribution in [2.45, 2.75) is 25.4 Å². The number of aryl methyl sites for hydroxylation is 2. The quantitative estimate of drug-likeness (QED) is 0.366. The largest absolute Gasteiger partial charge is 0.383 e. The van der Waals surface area contributed by atoms with E-state index in [-0.39, 0.29) is 5.78 Å². The standard InChI is InChI=1S/C17H21N5O2S/c1-11-7-13(12(2)22(11)5-6-24-4)15(23)9-25-17-14-8-20-21(3)16(14)18-10-19-17/h7-8,10H,5-6,9H2,1-4H3. The van der Waals surface area contributed by atoms with Crippen molar-refractivity contribution in [1.29, 1.82) is 0 Å². The van der Waals surface area contributed by atoms with Crippen LogP contribution in [0.15, 0.2) is 23.6 Å². The van der Waals surface area contributed by atoms with Crippen molar-refractivity contribution in [3.8, 4) is 0 Å². The lowest BCUT2D eigenvalue weighted by Gasteiger charge is -2.08. The van der Waals surface area contributed by atoms with Gasteiger partial charge in [-0.05, 0) is 19.9 Å². The van der Waals surface area contributed by atoms with Gasteiger partial charge in [-0.25, -0.2) is 9.97 Å². The van der Waals surface area contributed by atoms with Gasteiger partial charge in [0.1, 0.15) is 11.4 Å². The number of nitrogens with zero attached hydrogens (tertiary/aromatic N) is 5. The molecule has 0 saturated carbocycles. The normalized spacial score (nSPS) is 11.4. The highest BCUT2D eigenvalue weighted by Crippen LogP contribution is 2.25. The Labute approximate surface area is 150 Å². The Morgan fingerprint density at radius 1 is 1.32 bits per heavy atom. The van der Waals surface area contributed by atoms with Gasteiger partial charge in [0.05, 0.1) is 23.9 Å². The minimum Gasteiger partial charge on any atom is -0.383 e. The fourth-order valence-corrected chi connectivity index (χ4v) is 3.72. The Kier molecular flexibility index (Phi) is 5.19. The molecule has 0 aliphatic heterocycles. The minimum atomic E-state index is 0.0948. The number of ether oxygens (including phenoxy) is 1. The monoisotopic (exact) mass is 359 g/mol. The highest BCUT2D eigenvalue weighted by atomic mass is 32.2. The van der Waals surface area contributed by atoms with Crippen LogP contribution < -0.4 is 0 Å². The van der Waals surface area contributed by atoms with Crippen LogP contribution >= 0.6 is 11.8 Å². The fourth-order valence-electron chi connectivity index (χ4n) is 2.88. The van der Waals surface area contributed by atoms with Gasteiger partial charge in [0.2, 0.25) is 0 Å². The van der Waals surface area contributed by atoms with Gasteiger partial charge >= 0.3 is 0 Å². The summed E-state index contributed by atoms with van der Waals surface area (Å²) >= 11 is 1.42. The third kappa shape index (κ3) is 3.45. The van der Waals surface area contributed by atoms with Crippen LogP contribution in [0.4, 0.5) is 0 Å². The Bertz CT molecular complexity index is 915. The second-order valence-electron chi connectivity index (χ2n) is 5.83. The third-order valence-electron chi connectivity index (χ3n) is 4.23. The Hall–Kier alpha value is -2.19. The van der Waals surface area contributed by atoms with E-state index in [1.807, 2.05) is 27.0 Å². The second-order valence-corrected chi connectivity index (χ2v) is 6.79. The predicted octanol–water partition coefficient (Wildman–Crippen LogP) is 2.40. The Balaban J connectivity index is 1.76. The first kappa shape index (κ1) is 17.6. The van der Waals surface area contributed by atoms with E-state index in [1.165, 1.54) is 18.1 Å². The van der Waals surface area contributed by atoms with Gasteiger partial charge in [0.25, 0.3) is 0 Å². The maximum Gasteiger partial charge on any atom is 0.174 e. The highest BCUT2D eigenvalue weighted by Gasteiger charge is 2.17. The number of aromatic nitrogens is 5. The average Bonchev–Trinajstić information content (AvgIpc) is 3.12. The van der Waals surface area contributed by atoms with Gasteiger partial charge in [-0.15, -0.1) is 0 Å². The molecule has 3 aromatic rings. The molecule has 0 bridgehead atoms. The van der Waals surface area contributed by atoms with Gasteiger partial charge in [0.15, 0.2) is 11.4 Å². The number of methoxy groups -OCH3 is 1. The van der Waals surface area contributed by atoms with E-state index >= 15 is 0 Å². The summed E-state index contributed by atoms with van der Waals surface area (Å²) in [5.74, 6) is 0.424. The first-order chi connectivity index (χ1) is 12.0. The molecule has 0 aliphatic carbocycles. The lowest BCUT2D eigenvalue weighted by atomic mass is 10.2. The summed E-state index contributed by atoms with van der Waals surface area (Å²) in [5.41, 5.74) is 3.58. The SMILES string of the molecule is COCCn1c(C)cc(C(=O)CSc2ncnc3c2cnn3C)c1C. The molecule has 3 heterocycles. The molecule has 0 radical (unpaired) electrons. The van der Waals surface area contributed by atoms with Crippen LogP contribution in [-0.4, -0.2) is 49.6 Å². The molecule has 0 N–H and O–H groups in total. The van der Waals surface area contributed by atoms with Crippen molar-refractivity contribution < 1.29 is 9.53 Å². The summed E-state index contributed by atoms with van der Waals surface area (Å²) in [7, 11) is 3.52. The van der Waals surface area contributed by atoms with E-state index in [4.69, 9.17) is 4.74 Å². The van der Waals surface area contributed by atoms with Crippen molar-refractivity contribution in [1.82, 2.24) is 24.3 Å². The van der Waals surface area contributed by atoms with Crippen molar-refractivity contribution in [3.05, 3.63) is 35.5 Å². The van der Waals surface area contributed by atoms with Gasteiger partial charge in [0, 0.05) is 37.7 Å². The molecule has 132 valence electrons. The maximum atomic E-state index is 12.7. The number of hydrogen-bond donors (Lipinski definition) is 0. The van der Waals surface area contributed by atoms with Gasteiger partial charge in [-0.1, -0.05) is 11.8 Å². The molecule has 0 fully saturated rings. The molecule has 0 atom stereocenters. The summed E-state index contributed by atoms with van der Waals surface area (Å²) in [6.45, 7) is 5.36. The summed E-state index contributed by atoms with van der Waals surface area (Å²) < 4.78 is 8.96. The van der Waals surface area contributed by atoms with E-state index in [0.717, 1.165) is 39.6 Å². The van der Waals surface area contributed by atoms with E-state index in [1.54, 1.807) is 18.0 Å². The van der Waals surface area contributed by atoms with Gasteiger partial charge in [-0.3, -0.25) is 9.48 Å². The smallest absolute Gasteiger partial charge is 0.174 e. The van der Waals surface area contributed by atoms with E-state index in [2.05, 4.69) is 19.6 Å². The predicted molar refractivity (Wildman–Crippen MR) is 97.1 cm³/mol. The molecular formula is C17H21N5O2S. The van der Waals surface area contributed by atoms with E-state index < -0.39 is 0 Å². The number of thioether (sulfide) groups is 1. The molecule has 8 heteroatoms. The number of ketones is 1. The molecule has 0 spiro atoms. The molecule has 0 unspecified atom stereocenters. The number of rotatable bonds is 7. The molecule has 3 aromatic heterocycles. The van der Waals surface area contributed by atoms with Crippen LogP contribution in [0.2, 0.25) is 0 Å². The number of hydrogen-bond acceptors (Lipinski definition) is 6. The summed E-state index contributed by atoms with van der Waals surface area (Å²) in [6.07, 6.45) is 3.24. The molecular weight excluding hydrogens is 338 g/mol. The lowest BCUT2D eigenvalue weighted by molar-refractivity contribution is 0.102. The number of fused-ring (bicyclic) bond motifs is 1. The van der Waals surface area contributed by atoms with Crippen LogP contribution in [0, 0.1) is 13.8 Å². The van der Waals surface area contributed by atoms with Crippen molar-refractivity contribution >= 4 is 28.6 Å². The zero-order valence-electron chi connectivity index (χ0n) is 14.8. The number of carbonyl (C=O) groups is 1. The van der Waals surface area contributed by atoms with Crippen LogP contribution in [0.1, 0.15) is 21.7 Å². The second kappa shape index (κ2) is 7.37. The van der Waals surface area contributed by atoms with Gasteiger partial charge in [-0.2, -0.15) is 5.10 Å². The number of Topliss-reactive ketones (excluding diaryl/α,β-unsaturated/α-hetero) is 1. The highest BCUT2D eigenvalue weighted by molar-refractivity contribution is 8.00. The molecule has 25 heavy (non-hydrogen) atoms. The minimum absolute atomic E-state index is 0.0948. The van der Waals surface area contributed by atoms with Crippen LogP contribution in [-0.2, 0) is 18.3 Å². The number of carbonyl (C=O) groups excluding carboxylic acids is 1. The molecule has 0 aliphatic rings. The fraction of sp³-hybridized carbons (Fsp3) is 0.412. The molecule has 0 aromatic carbocycles. The molecule has 3 rings (SSSR count). The zero-order valence-corrected chi connectivity index (χ0v) is 15.6. The van der Waals surface area contributed by atoms with E-state index in [9.17, 15) is 4.79 Å². The lowest BCUT2D eigenvalue weighted by Crippen LogP contribution is -2.09. The van der Waals surface area contributed by atoms with Gasteiger partial charge < -0.3 is 9.30 Å². The first-order valence-corrected chi connectivity index (χ1v) is 8.96. The third-order valence-corrected chi connectivity index (χ3v) is 5.23. The zero-order chi connectivity index (χ0) is 18.0. The van der Waals surface area contributed by atoms with Crippen LogP contribution in [0.3, 0.4) is 0 Å². The molecule has 7 nitrogen and oxygen atoms in total. The van der Waals surface area contributed by atoms with Crippen LogP contribution in [0.5, 0.6) is 0 Å². The van der Waals surface area contributed by atoms with Crippen molar-refractivity contribution in [2.75, 3.05) is 19.5 Å². The van der Waals surface area contributed by atoms with Crippen LogP contribution in [0.25, 0.3) is 11.0 Å². The van der Waals surface area contributed by atoms with Crippen molar-refractivity contribution in [2.24, 2.45) is 7.05 Å². The van der Waals surface area contributed by atoms with Crippen molar-refractivity contribution in [3.63, 3.8) is 0 Å².